The highest BCUT2D eigenvalue weighted by Gasteiger charge is 2.34. The third kappa shape index (κ3) is 4.50. The fourth-order valence-electron chi connectivity index (χ4n) is 2.92. The third-order valence-corrected chi connectivity index (χ3v) is 4.37. The summed E-state index contributed by atoms with van der Waals surface area (Å²) in [7, 11) is 0. The molecule has 0 bridgehead atoms. The fraction of sp³-hybridized carbons (Fsp3) is 0.867. The van der Waals surface area contributed by atoms with Crippen LogP contribution in [-0.4, -0.2) is 59.5 Å². The summed E-state index contributed by atoms with van der Waals surface area (Å²) in [6.07, 6.45) is 1.23. The van der Waals surface area contributed by atoms with Crippen LogP contribution in [0.3, 0.4) is 0 Å². The van der Waals surface area contributed by atoms with E-state index in [0.717, 1.165) is 19.5 Å². The van der Waals surface area contributed by atoms with E-state index in [0.29, 0.717) is 31.3 Å². The summed E-state index contributed by atoms with van der Waals surface area (Å²) in [4.78, 5) is 27.6. The molecule has 0 aromatic carbocycles. The first kappa shape index (κ1) is 16.4. The summed E-state index contributed by atoms with van der Waals surface area (Å²) in [5, 5.41) is 0. The molecular weight excluding hydrogens is 292 g/mol. The molecule has 0 N–H and O–H groups in total. The summed E-state index contributed by atoms with van der Waals surface area (Å²) in [6.45, 7) is 8.47. The van der Waals surface area contributed by atoms with E-state index >= 15 is 0 Å². The number of carbonyl (C=O) groups excluding carboxylic acids is 2. The van der Waals surface area contributed by atoms with E-state index in [9.17, 15) is 9.59 Å². The molecule has 6 heteroatoms. The smallest absolute Gasteiger partial charge is 0.410 e. The predicted octanol–water partition coefficient (Wildman–Crippen LogP) is 2.33. The molecule has 120 valence electrons. The van der Waals surface area contributed by atoms with E-state index < -0.39 is 5.60 Å². The zero-order valence-corrected chi connectivity index (χ0v) is 13.9. The minimum atomic E-state index is -0.465. The van der Waals surface area contributed by atoms with Crippen LogP contribution in [0.15, 0.2) is 0 Å². The van der Waals surface area contributed by atoms with Crippen molar-refractivity contribution in [2.45, 2.75) is 39.2 Å². The molecule has 2 aliphatic heterocycles. The van der Waals surface area contributed by atoms with Gasteiger partial charge in [-0.1, -0.05) is 0 Å². The number of hydrogen-bond donors (Lipinski definition) is 0. The molecule has 2 rings (SSSR count). The Balaban J connectivity index is 1.80. The van der Waals surface area contributed by atoms with Gasteiger partial charge in [-0.15, -0.1) is 11.6 Å². The Hall–Kier alpha value is -0.970. The van der Waals surface area contributed by atoms with Crippen molar-refractivity contribution in [2.24, 2.45) is 11.8 Å². The van der Waals surface area contributed by atoms with Crippen molar-refractivity contribution in [3.05, 3.63) is 0 Å². The molecule has 0 saturated carbocycles. The molecule has 0 aliphatic carbocycles. The lowest BCUT2D eigenvalue weighted by atomic mass is 10.1. The van der Waals surface area contributed by atoms with Crippen molar-refractivity contribution in [3.8, 4) is 0 Å². The average Bonchev–Trinajstić information content (AvgIpc) is 2.95. The van der Waals surface area contributed by atoms with Gasteiger partial charge in [0.05, 0.1) is 0 Å². The van der Waals surface area contributed by atoms with Crippen LogP contribution < -0.4 is 0 Å². The number of alkyl halides is 1. The second kappa shape index (κ2) is 6.42. The van der Waals surface area contributed by atoms with Gasteiger partial charge < -0.3 is 14.5 Å². The second-order valence-electron chi connectivity index (χ2n) is 7.10. The van der Waals surface area contributed by atoms with Crippen LogP contribution in [0.5, 0.6) is 0 Å². The Kier molecular flexibility index (Phi) is 5.02. The van der Waals surface area contributed by atoms with E-state index in [2.05, 4.69) is 0 Å². The highest BCUT2D eigenvalue weighted by molar-refractivity contribution is 6.18. The summed E-state index contributed by atoms with van der Waals surface area (Å²) < 4.78 is 5.38. The maximum Gasteiger partial charge on any atom is 0.410 e. The van der Waals surface area contributed by atoms with Crippen LogP contribution in [0, 0.1) is 11.8 Å². The first-order valence-corrected chi connectivity index (χ1v) is 8.13. The van der Waals surface area contributed by atoms with Gasteiger partial charge in [0.25, 0.3) is 0 Å². The molecule has 0 aromatic heterocycles. The van der Waals surface area contributed by atoms with Gasteiger partial charge >= 0.3 is 6.09 Å². The number of halogens is 1. The van der Waals surface area contributed by atoms with Crippen LogP contribution >= 0.6 is 11.6 Å². The zero-order valence-electron chi connectivity index (χ0n) is 13.1. The Morgan fingerprint density at radius 2 is 2.05 bits per heavy atom. The minimum Gasteiger partial charge on any atom is -0.444 e. The summed E-state index contributed by atoms with van der Waals surface area (Å²) in [5.41, 5.74) is -0.465. The van der Waals surface area contributed by atoms with Crippen LogP contribution in [0.2, 0.25) is 0 Å². The number of likely N-dealkylation sites (tertiary alicyclic amines) is 2. The van der Waals surface area contributed by atoms with Gasteiger partial charge in [-0.3, -0.25) is 4.79 Å². The molecular formula is C15H25ClN2O3. The Morgan fingerprint density at radius 3 is 2.62 bits per heavy atom. The second-order valence-corrected chi connectivity index (χ2v) is 7.41. The lowest BCUT2D eigenvalue weighted by molar-refractivity contribution is -0.128. The largest absolute Gasteiger partial charge is 0.444 e. The normalized spacial score (nSPS) is 26.6. The Labute approximate surface area is 131 Å². The van der Waals surface area contributed by atoms with Gasteiger partial charge in [0.1, 0.15) is 5.60 Å². The highest BCUT2D eigenvalue weighted by atomic mass is 35.5. The molecule has 0 spiro atoms. The molecule has 2 aliphatic rings. The van der Waals surface area contributed by atoms with E-state index in [4.69, 9.17) is 16.3 Å². The standard InChI is InChI=1S/C15H25ClN2O3/c1-15(2,3)21-14(20)17-5-4-11(8-17)9-18-10-12(7-16)6-13(18)19/h11-12H,4-10H2,1-3H3/t11-,12?/m0/s1. The summed E-state index contributed by atoms with van der Waals surface area (Å²) >= 11 is 5.83. The average molecular weight is 317 g/mol. The minimum absolute atomic E-state index is 0.191. The van der Waals surface area contributed by atoms with Crippen molar-refractivity contribution in [1.29, 1.82) is 0 Å². The van der Waals surface area contributed by atoms with Crippen LogP contribution in [-0.2, 0) is 9.53 Å². The monoisotopic (exact) mass is 316 g/mol. The quantitative estimate of drug-likeness (QED) is 0.751. The third-order valence-electron chi connectivity index (χ3n) is 3.93. The molecule has 21 heavy (non-hydrogen) atoms. The first-order chi connectivity index (χ1) is 9.78. The number of carbonyl (C=O) groups is 2. The van der Waals surface area contributed by atoms with Gasteiger partial charge in [0.2, 0.25) is 5.91 Å². The van der Waals surface area contributed by atoms with Crippen LogP contribution in [0.4, 0.5) is 4.79 Å². The SMILES string of the molecule is CC(C)(C)OC(=O)N1CC[C@H](CN2CC(CCl)CC2=O)C1. The van der Waals surface area contributed by atoms with Gasteiger partial charge in [-0.2, -0.15) is 0 Å². The maximum atomic E-state index is 12.0. The number of amides is 2. The van der Waals surface area contributed by atoms with Gasteiger partial charge in [-0.05, 0) is 39.0 Å². The van der Waals surface area contributed by atoms with Crippen molar-refractivity contribution in [3.63, 3.8) is 0 Å². The molecule has 2 heterocycles. The van der Waals surface area contributed by atoms with Crippen molar-refractivity contribution in [1.82, 2.24) is 9.80 Å². The summed E-state index contributed by atoms with van der Waals surface area (Å²) in [6, 6.07) is 0. The van der Waals surface area contributed by atoms with E-state index in [-0.39, 0.29) is 17.9 Å². The topological polar surface area (TPSA) is 49.9 Å². The Bertz CT molecular complexity index is 408. The number of ether oxygens (including phenoxy) is 1. The highest BCUT2D eigenvalue weighted by Crippen LogP contribution is 2.24. The number of nitrogens with zero attached hydrogens (tertiary/aromatic N) is 2. The van der Waals surface area contributed by atoms with Crippen LogP contribution in [0.1, 0.15) is 33.6 Å². The Morgan fingerprint density at radius 1 is 1.33 bits per heavy atom. The first-order valence-electron chi connectivity index (χ1n) is 7.60. The molecule has 2 fully saturated rings. The molecule has 2 amide bonds. The molecule has 2 atom stereocenters. The molecule has 0 radical (unpaired) electrons. The number of hydrogen-bond acceptors (Lipinski definition) is 3. The van der Waals surface area contributed by atoms with E-state index in [1.165, 1.54) is 0 Å². The summed E-state index contributed by atoms with van der Waals surface area (Å²) in [5.74, 6) is 1.35. The fourth-order valence-corrected chi connectivity index (χ4v) is 3.13. The van der Waals surface area contributed by atoms with E-state index in [1.807, 2.05) is 25.7 Å². The van der Waals surface area contributed by atoms with Crippen molar-refractivity contribution < 1.29 is 14.3 Å². The van der Waals surface area contributed by atoms with Crippen LogP contribution in [0.25, 0.3) is 0 Å². The lowest BCUT2D eigenvalue weighted by Crippen LogP contribution is -2.37. The van der Waals surface area contributed by atoms with Crippen molar-refractivity contribution in [2.75, 3.05) is 32.1 Å². The zero-order chi connectivity index (χ0) is 15.6. The maximum absolute atomic E-state index is 12.0. The molecule has 1 unspecified atom stereocenters. The molecule has 5 nitrogen and oxygen atoms in total. The molecule has 2 saturated heterocycles. The molecule has 0 aromatic rings. The lowest BCUT2D eigenvalue weighted by Gasteiger charge is -2.25. The predicted molar refractivity (Wildman–Crippen MR) is 81.3 cm³/mol. The van der Waals surface area contributed by atoms with E-state index in [1.54, 1.807) is 4.90 Å². The number of rotatable bonds is 3. The van der Waals surface area contributed by atoms with Gasteiger partial charge in [0.15, 0.2) is 0 Å². The van der Waals surface area contributed by atoms with Gasteiger partial charge in [0, 0.05) is 38.5 Å². The van der Waals surface area contributed by atoms with Gasteiger partial charge in [-0.25, -0.2) is 4.79 Å². The van der Waals surface area contributed by atoms with Crippen molar-refractivity contribution >= 4 is 23.6 Å².